The standard InChI is InChI=1S/C35H52NO7PS/c1-4-5-6-7-8-9-10-11-12-13-14-15-22-40-32-19-17-20-33(24-32)41-27-35(39-3)28-42-44(37,38)43-34-21-16-18-31(23-34)26-36-25-30(2)45-29-36/h16-21,23-25,29,35H,4-15,22,26-28H2,1-3H3/p+1/t35-/m1/s1. The Morgan fingerprint density at radius 3 is 2.09 bits per heavy atom. The molecule has 0 aliphatic heterocycles. The molecule has 0 aliphatic carbocycles. The highest BCUT2D eigenvalue weighted by molar-refractivity contribution is 7.53. The molecule has 0 saturated heterocycles. The van der Waals surface area contributed by atoms with E-state index >= 15 is 0 Å². The summed E-state index contributed by atoms with van der Waals surface area (Å²) in [6.07, 6.45) is 17.2. The number of hydrogen-bond acceptors (Lipinski definition) is 8. The van der Waals surface area contributed by atoms with Gasteiger partial charge in [0.2, 0.25) is 5.51 Å². The van der Waals surface area contributed by atoms with Crippen LogP contribution in [0, 0.1) is 6.92 Å². The van der Waals surface area contributed by atoms with Gasteiger partial charge in [0.15, 0.2) is 18.5 Å². The summed E-state index contributed by atoms with van der Waals surface area (Å²) in [5.41, 5.74) is 2.97. The second kappa shape index (κ2) is 21.5. The van der Waals surface area contributed by atoms with E-state index in [9.17, 15) is 9.79 Å². The predicted octanol–water partition coefficient (Wildman–Crippen LogP) is 7.99. The number of phosphoric acid groups is 1. The number of thiazole rings is 1. The second-order valence-corrected chi connectivity index (χ2v) is 14.0. The predicted molar refractivity (Wildman–Crippen MR) is 180 cm³/mol. The van der Waals surface area contributed by atoms with Crippen molar-refractivity contribution in [1.29, 1.82) is 0 Å². The molecule has 250 valence electrons. The van der Waals surface area contributed by atoms with E-state index in [1.807, 2.05) is 42.8 Å². The van der Waals surface area contributed by atoms with Crippen LogP contribution in [0.15, 0.2) is 60.2 Å². The molecule has 1 unspecified atom stereocenters. The molecule has 1 heterocycles. The van der Waals surface area contributed by atoms with Crippen LogP contribution < -0.4 is 23.5 Å². The first-order valence-electron chi connectivity index (χ1n) is 16.5. The lowest BCUT2D eigenvalue weighted by Crippen LogP contribution is -2.30. The summed E-state index contributed by atoms with van der Waals surface area (Å²) >= 11 is 1.66. The molecular formula is C35H53NO7PS+. The molecule has 2 aromatic carbocycles. The zero-order chi connectivity index (χ0) is 32.2. The highest BCUT2D eigenvalue weighted by atomic mass is 32.1. The van der Waals surface area contributed by atoms with Gasteiger partial charge in [-0.2, -0.15) is 14.0 Å². The molecule has 8 nitrogen and oxygen atoms in total. The number of aromatic nitrogens is 1. The fourth-order valence-electron chi connectivity index (χ4n) is 4.94. The summed E-state index contributed by atoms with van der Waals surface area (Å²) in [5.74, 6) is 1.64. The summed E-state index contributed by atoms with van der Waals surface area (Å²) in [6.45, 7) is 5.57. The minimum absolute atomic E-state index is 0.130. The fourth-order valence-corrected chi connectivity index (χ4v) is 6.36. The van der Waals surface area contributed by atoms with Crippen molar-refractivity contribution in [2.75, 3.05) is 26.9 Å². The van der Waals surface area contributed by atoms with Crippen molar-refractivity contribution in [2.24, 2.45) is 0 Å². The molecule has 1 aromatic heterocycles. The van der Waals surface area contributed by atoms with E-state index in [0.29, 0.717) is 18.9 Å². The van der Waals surface area contributed by atoms with Crippen LogP contribution in [0.2, 0.25) is 0 Å². The van der Waals surface area contributed by atoms with Crippen LogP contribution in [0.4, 0.5) is 0 Å². The maximum Gasteiger partial charge on any atom is 0.426 e. The van der Waals surface area contributed by atoms with Crippen molar-refractivity contribution in [3.63, 3.8) is 0 Å². The van der Waals surface area contributed by atoms with Crippen LogP contribution in [0.25, 0.3) is 0 Å². The van der Waals surface area contributed by atoms with Crippen molar-refractivity contribution in [3.8, 4) is 17.2 Å². The van der Waals surface area contributed by atoms with Gasteiger partial charge >= 0.3 is 8.17 Å². The Kier molecular flexibility index (Phi) is 17.8. The summed E-state index contributed by atoms with van der Waals surface area (Å²) < 4.78 is 29.9. The first kappa shape index (κ1) is 37.2. The number of hydrogen-bond donors (Lipinski definition) is 1. The third-order valence-electron chi connectivity index (χ3n) is 7.47. The molecular weight excluding hydrogens is 609 g/mol. The van der Waals surface area contributed by atoms with Crippen LogP contribution in [0.5, 0.6) is 17.2 Å². The quantitative estimate of drug-likeness (QED) is 0.0559. The Hall–Kier alpha value is -2.26. The number of rotatable bonds is 25. The van der Waals surface area contributed by atoms with E-state index in [0.717, 1.165) is 17.7 Å². The minimum atomic E-state index is -4.38. The largest absolute Gasteiger partial charge is 0.598 e. The molecule has 3 rings (SSSR count). The number of ether oxygens (including phenoxy) is 3. The SMILES string of the molecule is CCCCCCCCCCCCCCOc1cccc(OC[C@H](CO[P+]([O-])(O)Oc2cccc(C[n+]3csc(C)c3)c2)OC)c1. The first-order valence-corrected chi connectivity index (χ1v) is 18.8. The Morgan fingerprint density at radius 1 is 0.822 bits per heavy atom. The molecule has 0 aliphatic rings. The average molecular weight is 663 g/mol. The van der Waals surface area contributed by atoms with Gasteiger partial charge in [0, 0.05) is 18.7 Å². The lowest BCUT2D eigenvalue weighted by Gasteiger charge is -2.22. The Bertz CT molecular complexity index is 1210. The third kappa shape index (κ3) is 16.2. The van der Waals surface area contributed by atoms with Crippen molar-refractivity contribution in [2.45, 2.75) is 104 Å². The van der Waals surface area contributed by atoms with Crippen molar-refractivity contribution < 1.29 is 37.6 Å². The monoisotopic (exact) mass is 662 g/mol. The van der Waals surface area contributed by atoms with Crippen molar-refractivity contribution >= 4 is 19.5 Å². The Balaban J connectivity index is 1.30. The van der Waals surface area contributed by atoms with Gasteiger partial charge in [-0.15, -0.1) is 0 Å². The van der Waals surface area contributed by atoms with Gasteiger partial charge in [-0.25, -0.2) is 0 Å². The van der Waals surface area contributed by atoms with Crippen LogP contribution in [0.3, 0.4) is 0 Å². The smallest absolute Gasteiger partial charge is 0.426 e. The molecule has 0 bridgehead atoms. The highest BCUT2D eigenvalue weighted by Gasteiger charge is 2.31. The number of benzene rings is 2. The second-order valence-electron chi connectivity index (χ2n) is 11.5. The number of nitrogens with zero attached hydrogens (tertiary/aromatic N) is 1. The van der Waals surface area contributed by atoms with E-state index in [1.165, 1.54) is 82.6 Å². The first-order chi connectivity index (χ1) is 21.9. The topological polar surface area (TPSA) is 93.3 Å². The minimum Gasteiger partial charge on any atom is -0.598 e. The molecule has 0 spiro atoms. The number of methoxy groups -OCH3 is 1. The molecule has 0 radical (unpaired) electrons. The average Bonchev–Trinajstić information content (AvgIpc) is 3.43. The third-order valence-corrected chi connectivity index (χ3v) is 9.24. The van der Waals surface area contributed by atoms with Crippen LogP contribution >= 0.6 is 19.5 Å². The number of phosphoric ester groups is 1. The van der Waals surface area contributed by atoms with Gasteiger partial charge in [0.05, 0.1) is 11.5 Å². The van der Waals surface area contributed by atoms with Gasteiger partial charge < -0.3 is 19.1 Å². The molecule has 1 N–H and O–H groups in total. The molecule has 0 amide bonds. The summed E-state index contributed by atoms with van der Waals surface area (Å²) in [5, 5.41) is 0. The lowest BCUT2D eigenvalue weighted by atomic mass is 10.1. The molecule has 2 atom stereocenters. The molecule has 45 heavy (non-hydrogen) atoms. The maximum absolute atomic E-state index is 12.7. The van der Waals surface area contributed by atoms with E-state index in [4.69, 9.17) is 23.3 Å². The highest BCUT2D eigenvalue weighted by Crippen LogP contribution is 2.48. The number of unbranched alkanes of at least 4 members (excludes halogenated alkanes) is 11. The van der Waals surface area contributed by atoms with Crippen LogP contribution in [-0.4, -0.2) is 37.9 Å². The molecule has 0 fully saturated rings. The van der Waals surface area contributed by atoms with E-state index in [2.05, 4.69) is 17.7 Å². The van der Waals surface area contributed by atoms with Gasteiger partial charge in [0.1, 0.15) is 30.8 Å². The summed E-state index contributed by atoms with van der Waals surface area (Å²) in [4.78, 5) is 24.2. The van der Waals surface area contributed by atoms with Gasteiger partial charge in [-0.1, -0.05) is 107 Å². The Labute approximate surface area is 275 Å². The van der Waals surface area contributed by atoms with Crippen molar-refractivity contribution in [1.82, 2.24) is 0 Å². The van der Waals surface area contributed by atoms with E-state index < -0.39 is 14.3 Å². The fraction of sp³-hybridized carbons (Fsp3) is 0.571. The molecule has 0 saturated carbocycles. The van der Waals surface area contributed by atoms with Crippen LogP contribution in [0.1, 0.15) is 94.4 Å². The van der Waals surface area contributed by atoms with E-state index in [1.54, 1.807) is 29.5 Å². The lowest BCUT2D eigenvalue weighted by molar-refractivity contribution is -0.683. The number of aryl methyl sites for hydroxylation is 1. The molecule has 3 aromatic rings. The summed E-state index contributed by atoms with van der Waals surface area (Å²) in [6, 6.07) is 14.6. The summed E-state index contributed by atoms with van der Waals surface area (Å²) in [7, 11) is -2.88. The van der Waals surface area contributed by atoms with Crippen LogP contribution in [-0.2, 0) is 15.8 Å². The van der Waals surface area contributed by atoms with E-state index in [-0.39, 0.29) is 19.0 Å². The molecule has 10 heteroatoms. The van der Waals surface area contributed by atoms with Gasteiger partial charge in [0.25, 0.3) is 0 Å². The van der Waals surface area contributed by atoms with Gasteiger partial charge in [-0.3, -0.25) is 4.52 Å². The zero-order valence-electron chi connectivity index (χ0n) is 27.4. The zero-order valence-corrected chi connectivity index (χ0v) is 29.1. The Morgan fingerprint density at radius 2 is 1.44 bits per heavy atom. The normalized spacial score (nSPS) is 13.4. The van der Waals surface area contributed by atoms with Crippen molar-refractivity contribution in [3.05, 3.63) is 70.7 Å². The maximum atomic E-state index is 12.7. The van der Waals surface area contributed by atoms with Gasteiger partial charge in [-0.05, 0) is 37.6 Å².